The molecule has 7 heteroatoms. The number of ether oxygens (including phenoxy) is 1. The number of nitrogens with zero attached hydrogens (tertiary/aromatic N) is 1. The third kappa shape index (κ3) is 4.84. The van der Waals surface area contributed by atoms with Gasteiger partial charge in [0.15, 0.2) is 0 Å². The number of hydrogen-bond acceptors (Lipinski definition) is 4. The van der Waals surface area contributed by atoms with Gasteiger partial charge in [-0.05, 0) is 73.1 Å². The zero-order valence-electron chi connectivity index (χ0n) is 18.1. The lowest BCUT2D eigenvalue weighted by Gasteiger charge is -2.17. The highest BCUT2D eigenvalue weighted by molar-refractivity contribution is 7.89. The predicted molar refractivity (Wildman–Crippen MR) is 117 cm³/mol. The highest BCUT2D eigenvalue weighted by Gasteiger charge is 2.20. The van der Waals surface area contributed by atoms with Gasteiger partial charge in [-0.25, -0.2) is 12.7 Å². The fourth-order valence-electron chi connectivity index (χ4n) is 3.83. The topological polar surface area (TPSA) is 75.7 Å². The summed E-state index contributed by atoms with van der Waals surface area (Å²) in [5.74, 6) is 0.498. The van der Waals surface area contributed by atoms with E-state index in [0.29, 0.717) is 17.7 Å². The van der Waals surface area contributed by atoms with Crippen LogP contribution in [-0.2, 0) is 34.1 Å². The van der Waals surface area contributed by atoms with Crippen LogP contribution in [0.2, 0.25) is 0 Å². The van der Waals surface area contributed by atoms with Crippen LogP contribution in [0.5, 0.6) is 5.75 Å². The van der Waals surface area contributed by atoms with Crippen molar-refractivity contribution in [3.63, 3.8) is 0 Å². The van der Waals surface area contributed by atoms with Gasteiger partial charge in [-0.15, -0.1) is 0 Å². The van der Waals surface area contributed by atoms with Crippen molar-refractivity contribution in [1.82, 2.24) is 9.62 Å². The Morgan fingerprint density at radius 1 is 1.13 bits per heavy atom. The molecule has 0 saturated carbocycles. The zero-order valence-corrected chi connectivity index (χ0v) is 18.9. The highest BCUT2D eigenvalue weighted by Crippen LogP contribution is 2.27. The Labute approximate surface area is 179 Å². The Hall–Kier alpha value is -2.38. The monoisotopic (exact) mass is 430 g/mol. The van der Waals surface area contributed by atoms with Gasteiger partial charge in [-0.1, -0.05) is 18.2 Å². The lowest BCUT2D eigenvalue weighted by molar-refractivity contribution is -0.121. The van der Waals surface area contributed by atoms with Crippen LogP contribution < -0.4 is 10.1 Å². The first-order chi connectivity index (χ1) is 14.2. The standard InChI is InChI=1S/C23H30N2O4S/c1-16(18-9-8-17-6-5-7-19(17)14-18)24-23(26)13-10-20-15-21(11-12-22(20)29-4)30(27,28)25(2)3/h8-9,11-12,14-16H,5-7,10,13H2,1-4H3,(H,24,26). The number of hydrogen-bond donors (Lipinski definition) is 1. The molecule has 0 aromatic heterocycles. The summed E-state index contributed by atoms with van der Waals surface area (Å²) in [4.78, 5) is 12.7. The molecule has 3 rings (SSSR count). The largest absolute Gasteiger partial charge is 0.496 e. The molecule has 0 spiro atoms. The summed E-state index contributed by atoms with van der Waals surface area (Å²) in [5, 5.41) is 3.05. The normalized spacial score (nSPS) is 14.4. The SMILES string of the molecule is COc1ccc(S(=O)(=O)N(C)C)cc1CCC(=O)NC(C)c1ccc2c(c1)CCC2. The molecular formula is C23H30N2O4S. The van der Waals surface area contributed by atoms with E-state index in [2.05, 4.69) is 23.5 Å². The summed E-state index contributed by atoms with van der Waals surface area (Å²) in [6, 6.07) is 11.1. The van der Waals surface area contributed by atoms with Crippen molar-refractivity contribution in [2.75, 3.05) is 21.2 Å². The molecule has 0 aliphatic heterocycles. The van der Waals surface area contributed by atoms with Gasteiger partial charge in [-0.2, -0.15) is 0 Å². The molecule has 1 aliphatic carbocycles. The molecule has 2 aromatic rings. The second kappa shape index (κ2) is 9.18. The van der Waals surface area contributed by atoms with E-state index in [-0.39, 0.29) is 23.3 Å². The average Bonchev–Trinajstić information content (AvgIpc) is 3.19. The van der Waals surface area contributed by atoms with Crippen LogP contribution in [-0.4, -0.2) is 39.8 Å². The van der Waals surface area contributed by atoms with Crippen molar-refractivity contribution < 1.29 is 17.9 Å². The lowest BCUT2D eigenvalue weighted by atomic mass is 10.0. The summed E-state index contributed by atoms with van der Waals surface area (Å²) >= 11 is 0. The molecule has 2 aromatic carbocycles. The molecule has 0 bridgehead atoms. The number of benzene rings is 2. The van der Waals surface area contributed by atoms with E-state index < -0.39 is 10.0 Å². The number of rotatable bonds is 8. The van der Waals surface area contributed by atoms with E-state index in [1.807, 2.05) is 6.92 Å². The number of carbonyl (C=O) groups is 1. The van der Waals surface area contributed by atoms with Crippen LogP contribution in [0.3, 0.4) is 0 Å². The first kappa shape index (κ1) is 22.3. The summed E-state index contributed by atoms with van der Waals surface area (Å²) in [7, 11) is 0.977. The van der Waals surface area contributed by atoms with E-state index >= 15 is 0 Å². The number of amides is 1. The molecule has 1 N–H and O–H groups in total. The quantitative estimate of drug-likeness (QED) is 0.698. The van der Waals surface area contributed by atoms with Gasteiger partial charge < -0.3 is 10.1 Å². The van der Waals surface area contributed by atoms with E-state index in [4.69, 9.17) is 4.74 Å². The zero-order chi connectivity index (χ0) is 21.9. The number of carbonyl (C=O) groups excluding carboxylic acids is 1. The highest BCUT2D eigenvalue weighted by atomic mass is 32.2. The minimum atomic E-state index is -3.55. The molecule has 30 heavy (non-hydrogen) atoms. The number of methoxy groups -OCH3 is 1. The molecule has 0 saturated heterocycles. The van der Waals surface area contributed by atoms with Gasteiger partial charge in [0, 0.05) is 20.5 Å². The Bertz CT molecular complexity index is 1030. The van der Waals surface area contributed by atoms with Crippen LogP contribution >= 0.6 is 0 Å². The van der Waals surface area contributed by atoms with Crippen LogP contribution in [0.15, 0.2) is 41.3 Å². The first-order valence-electron chi connectivity index (χ1n) is 10.2. The second-order valence-electron chi connectivity index (χ2n) is 7.93. The van der Waals surface area contributed by atoms with E-state index in [0.717, 1.165) is 18.4 Å². The fourth-order valence-corrected chi connectivity index (χ4v) is 4.78. The van der Waals surface area contributed by atoms with Gasteiger partial charge in [0.2, 0.25) is 15.9 Å². The van der Waals surface area contributed by atoms with Crippen molar-refractivity contribution in [2.45, 2.75) is 50.0 Å². The van der Waals surface area contributed by atoms with Gasteiger partial charge in [0.05, 0.1) is 18.0 Å². The maximum atomic E-state index is 12.5. The maximum Gasteiger partial charge on any atom is 0.242 e. The molecule has 1 amide bonds. The smallest absolute Gasteiger partial charge is 0.242 e. The summed E-state index contributed by atoms with van der Waals surface area (Å²) in [6.07, 6.45) is 4.08. The molecule has 1 atom stereocenters. The van der Waals surface area contributed by atoms with Gasteiger partial charge in [-0.3, -0.25) is 4.79 Å². The van der Waals surface area contributed by atoms with Gasteiger partial charge >= 0.3 is 0 Å². The summed E-state index contributed by atoms with van der Waals surface area (Å²) in [6.45, 7) is 1.99. The molecule has 0 fully saturated rings. The molecule has 162 valence electrons. The van der Waals surface area contributed by atoms with Gasteiger partial charge in [0.25, 0.3) is 0 Å². The van der Waals surface area contributed by atoms with E-state index in [1.165, 1.54) is 49.1 Å². The summed E-state index contributed by atoms with van der Waals surface area (Å²) in [5.41, 5.74) is 4.61. The molecular weight excluding hydrogens is 400 g/mol. The molecule has 0 heterocycles. The molecule has 6 nitrogen and oxygen atoms in total. The van der Waals surface area contributed by atoms with E-state index in [9.17, 15) is 13.2 Å². The minimum Gasteiger partial charge on any atom is -0.496 e. The maximum absolute atomic E-state index is 12.5. The minimum absolute atomic E-state index is 0.0779. The van der Waals surface area contributed by atoms with Crippen molar-refractivity contribution in [3.8, 4) is 5.75 Å². The third-order valence-corrected chi connectivity index (χ3v) is 7.46. The van der Waals surface area contributed by atoms with Crippen molar-refractivity contribution in [1.29, 1.82) is 0 Å². The number of aryl methyl sites for hydroxylation is 3. The Morgan fingerprint density at radius 2 is 1.87 bits per heavy atom. The first-order valence-corrected chi connectivity index (χ1v) is 11.7. The average molecular weight is 431 g/mol. The van der Waals surface area contributed by atoms with Crippen LogP contribution in [0.4, 0.5) is 0 Å². The van der Waals surface area contributed by atoms with Gasteiger partial charge in [0.1, 0.15) is 5.75 Å². The molecule has 1 aliphatic rings. The van der Waals surface area contributed by atoms with Crippen LogP contribution in [0.1, 0.15) is 48.1 Å². The summed E-state index contributed by atoms with van der Waals surface area (Å²) < 4.78 is 31.4. The Balaban J connectivity index is 1.66. The second-order valence-corrected chi connectivity index (χ2v) is 10.1. The Morgan fingerprint density at radius 3 is 2.57 bits per heavy atom. The molecule has 1 unspecified atom stereocenters. The predicted octanol–water partition coefficient (Wildman–Crippen LogP) is 3.24. The number of sulfonamides is 1. The van der Waals surface area contributed by atoms with Crippen LogP contribution in [0, 0.1) is 0 Å². The number of fused-ring (bicyclic) bond motifs is 1. The number of nitrogens with one attached hydrogen (secondary N) is 1. The Kier molecular flexibility index (Phi) is 6.83. The van der Waals surface area contributed by atoms with Crippen molar-refractivity contribution >= 4 is 15.9 Å². The third-order valence-electron chi connectivity index (χ3n) is 5.65. The fraction of sp³-hybridized carbons (Fsp3) is 0.435. The van der Waals surface area contributed by atoms with Crippen LogP contribution in [0.25, 0.3) is 0 Å². The van der Waals surface area contributed by atoms with E-state index in [1.54, 1.807) is 12.1 Å². The molecule has 0 radical (unpaired) electrons. The lowest BCUT2D eigenvalue weighted by Crippen LogP contribution is -2.27. The van der Waals surface area contributed by atoms with Crippen molar-refractivity contribution in [2.24, 2.45) is 0 Å². The van der Waals surface area contributed by atoms with Crippen molar-refractivity contribution in [3.05, 3.63) is 58.7 Å².